The van der Waals surface area contributed by atoms with Crippen LogP contribution in [0, 0.1) is 5.82 Å². The van der Waals surface area contributed by atoms with Gasteiger partial charge in [-0.2, -0.15) is 0 Å². The number of carbonyl (C=O) groups excluding carboxylic acids is 1. The fraction of sp³-hybridized carbons (Fsp3) is 0.208. The van der Waals surface area contributed by atoms with Crippen molar-refractivity contribution in [3.05, 3.63) is 95.8 Å². The fourth-order valence-electron chi connectivity index (χ4n) is 3.21. The van der Waals surface area contributed by atoms with Crippen molar-refractivity contribution >= 4 is 39.7 Å². The predicted molar refractivity (Wildman–Crippen MR) is 133 cm³/mol. The number of nitrogens with zero attached hydrogens (tertiary/aromatic N) is 1. The molecule has 0 aliphatic carbocycles. The van der Waals surface area contributed by atoms with Gasteiger partial charge >= 0.3 is 0 Å². The molecule has 0 radical (unpaired) electrons. The molecule has 0 aliphatic rings. The highest BCUT2D eigenvalue weighted by atomic mass is 35.5. The lowest BCUT2D eigenvalue weighted by Gasteiger charge is -2.23. The average molecular weight is 492 g/mol. The summed E-state index contributed by atoms with van der Waals surface area (Å²) >= 11 is 0. The molecule has 0 spiro atoms. The maximum absolute atomic E-state index is 13.4. The van der Waals surface area contributed by atoms with Gasteiger partial charge in [0, 0.05) is 30.0 Å². The first kappa shape index (κ1) is 26.3. The number of nitrogens with one attached hydrogen (secondary N) is 2. The maximum Gasteiger partial charge on any atom is 0.258 e. The number of halogens is 2. The Morgan fingerprint density at radius 3 is 2.15 bits per heavy atom. The van der Waals surface area contributed by atoms with E-state index in [0.717, 1.165) is 19.2 Å². The van der Waals surface area contributed by atoms with Crippen LogP contribution >= 0.6 is 12.4 Å². The van der Waals surface area contributed by atoms with E-state index in [2.05, 4.69) is 22.2 Å². The minimum Gasteiger partial charge on any atom is -0.315 e. The third-order valence-electron chi connectivity index (χ3n) is 4.76. The molecule has 0 bridgehead atoms. The predicted octanol–water partition coefficient (Wildman–Crippen LogP) is 4.10. The van der Waals surface area contributed by atoms with E-state index < -0.39 is 10.0 Å². The number of amides is 1. The van der Waals surface area contributed by atoms with Gasteiger partial charge < -0.3 is 10.2 Å². The van der Waals surface area contributed by atoms with E-state index in [1.807, 2.05) is 18.2 Å². The molecule has 0 aliphatic heterocycles. The van der Waals surface area contributed by atoms with Crippen LogP contribution in [0.15, 0.2) is 78.9 Å². The third-order valence-corrected chi connectivity index (χ3v) is 5.37. The van der Waals surface area contributed by atoms with E-state index in [1.165, 1.54) is 29.8 Å². The van der Waals surface area contributed by atoms with E-state index in [4.69, 9.17) is 0 Å². The van der Waals surface area contributed by atoms with Gasteiger partial charge in [-0.05, 0) is 67.1 Å². The zero-order valence-corrected chi connectivity index (χ0v) is 19.8. The number of anilines is 2. The van der Waals surface area contributed by atoms with Crippen molar-refractivity contribution in [2.75, 3.05) is 35.5 Å². The van der Waals surface area contributed by atoms with Crippen molar-refractivity contribution < 1.29 is 17.6 Å². The summed E-state index contributed by atoms with van der Waals surface area (Å²) in [5.74, 6) is -0.634. The summed E-state index contributed by atoms with van der Waals surface area (Å²) in [6.45, 7) is 1.72. The number of sulfonamides is 1. The molecule has 0 unspecified atom stereocenters. The molecular weight excluding hydrogens is 465 g/mol. The highest BCUT2D eigenvalue weighted by molar-refractivity contribution is 7.92. The van der Waals surface area contributed by atoms with Gasteiger partial charge in [0.05, 0.1) is 6.26 Å². The molecule has 3 rings (SSSR count). The molecule has 6 nitrogen and oxygen atoms in total. The van der Waals surface area contributed by atoms with Crippen LogP contribution in [0.25, 0.3) is 0 Å². The summed E-state index contributed by atoms with van der Waals surface area (Å²) in [6.07, 6.45) is 1.94. The van der Waals surface area contributed by atoms with E-state index in [9.17, 15) is 17.6 Å². The van der Waals surface area contributed by atoms with Crippen molar-refractivity contribution in [2.24, 2.45) is 0 Å². The van der Waals surface area contributed by atoms with Crippen molar-refractivity contribution in [3.8, 4) is 0 Å². The Morgan fingerprint density at radius 1 is 0.909 bits per heavy atom. The first-order valence-corrected chi connectivity index (χ1v) is 12.1. The quantitative estimate of drug-likeness (QED) is 0.418. The molecule has 3 aromatic carbocycles. The molecule has 0 saturated heterocycles. The van der Waals surface area contributed by atoms with Gasteiger partial charge in [0.1, 0.15) is 5.82 Å². The molecule has 1 amide bonds. The number of benzene rings is 3. The zero-order valence-electron chi connectivity index (χ0n) is 18.2. The van der Waals surface area contributed by atoms with Crippen LogP contribution in [0.5, 0.6) is 0 Å². The SMILES string of the molecule is CS(=O)(=O)Nc1ccc(C(=O)N(CCNCCc2ccccc2)c2ccc(F)cc2)cc1.Cl. The van der Waals surface area contributed by atoms with Crippen LogP contribution in [-0.4, -0.2) is 40.2 Å². The Balaban J connectivity index is 0.00000385. The molecule has 2 N–H and O–H groups in total. The maximum atomic E-state index is 13.4. The van der Waals surface area contributed by atoms with E-state index in [1.54, 1.807) is 29.2 Å². The second kappa shape index (κ2) is 12.3. The van der Waals surface area contributed by atoms with Crippen LogP contribution in [-0.2, 0) is 16.4 Å². The van der Waals surface area contributed by atoms with Crippen LogP contribution in [0.4, 0.5) is 15.8 Å². The Kier molecular flexibility index (Phi) is 9.84. The summed E-state index contributed by atoms with van der Waals surface area (Å²) in [6, 6.07) is 22.1. The standard InChI is InChI=1S/C24H26FN3O3S.ClH/c1-32(30,31)27-22-11-7-20(8-12-22)24(29)28(23-13-9-21(25)10-14-23)18-17-26-16-15-19-5-3-2-4-6-19;/h2-14,26-27H,15-18H2,1H3;1H. The lowest BCUT2D eigenvalue weighted by Crippen LogP contribution is -2.37. The second-order valence-electron chi connectivity index (χ2n) is 7.37. The number of carbonyl (C=O) groups is 1. The molecule has 3 aromatic rings. The Labute approximate surface area is 200 Å². The highest BCUT2D eigenvalue weighted by Gasteiger charge is 2.18. The van der Waals surface area contributed by atoms with Crippen molar-refractivity contribution in [3.63, 3.8) is 0 Å². The monoisotopic (exact) mass is 491 g/mol. The molecular formula is C24H27ClFN3O3S. The second-order valence-corrected chi connectivity index (χ2v) is 9.12. The average Bonchev–Trinajstić information content (AvgIpc) is 2.77. The van der Waals surface area contributed by atoms with Crippen LogP contribution < -0.4 is 14.9 Å². The third kappa shape index (κ3) is 8.49. The fourth-order valence-corrected chi connectivity index (χ4v) is 3.78. The lowest BCUT2D eigenvalue weighted by molar-refractivity contribution is 0.0987. The minimum absolute atomic E-state index is 0. The molecule has 0 aromatic heterocycles. The van der Waals surface area contributed by atoms with Gasteiger partial charge in [-0.25, -0.2) is 12.8 Å². The van der Waals surface area contributed by atoms with Gasteiger partial charge in [0.15, 0.2) is 0 Å². The first-order chi connectivity index (χ1) is 15.3. The number of rotatable bonds is 10. The molecule has 33 heavy (non-hydrogen) atoms. The lowest BCUT2D eigenvalue weighted by atomic mass is 10.1. The molecule has 176 valence electrons. The van der Waals surface area contributed by atoms with E-state index in [0.29, 0.717) is 30.0 Å². The van der Waals surface area contributed by atoms with Crippen LogP contribution in [0.1, 0.15) is 15.9 Å². The zero-order chi connectivity index (χ0) is 23.0. The summed E-state index contributed by atoms with van der Waals surface area (Å²) in [4.78, 5) is 14.8. The van der Waals surface area contributed by atoms with Gasteiger partial charge in [0.2, 0.25) is 10.0 Å². The van der Waals surface area contributed by atoms with Gasteiger partial charge in [-0.1, -0.05) is 30.3 Å². The Hall–Kier alpha value is -2.94. The van der Waals surface area contributed by atoms with E-state index in [-0.39, 0.29) is 24.1 Å². The minimum atomic E-state index is -3.40. The van der Waals surface area contributed by atoms with Crippen molar-refractivity contribution in [1.29, 1.82) is 0 Å². The van der Waals surface area contributed by atoms with Crippen LogP contribution in [0.3, 0.4) is 0 Å². The Bertz CT molecular complexity index is 1130. The van der Waals surface area contributed by atoms with Gasteiger partial charge in [-0.3, -0.25) is 9.52 Å². The molecule has 0 heterocycles. The molecule has 0 atom stereocenters. The largest absolute Gasteiger partial charge is 0.315 e. The summed E-state index contributed by atoms with van der Waals surface area (Å²) in [5.41, 5.74) is 2.59. The highest BCUT2D eigenvalue weighted by Crippen LogP contribution is 2.19. The number of hydrogen-bond donors (Lipinski definition) is 2. The molecule has 9 heteroatoms. The van der Waals surface area contributed by atoms with Gasteiger partial charge in [0.25, 0.3) is 5.91 Å². The van der Waals surface area contributed by atoms with Gasteiger partial charge in [-0.15, -0.1) is 12.4 Å². The first-order valence-electron chi connectivity index (χ1n) is 10.2. The smallest absolute Gasteiger partial charge is 0.258 e. The van der Waals surface area contributed by atoms with Crippen LogP contribution in [0.2, 0.25) is 0 Å². The normalized spacial score (nSPS) is 10.8. The summed E-state index contributed by atoms with van der Waals surface area (Å²) < 4.78 is 38.5. The number of hydrogen-bond acceptors (Lipinski definition) is 4. The molecule has 0 fully saturated rings. The van der Waals surface area contributed by atoms with E-state index >= 15 is 0 Å². The summed E-state index contributed by atoms with van der Waals surface area (Å²) in [7, 11) is -3.40. The topological polar surface area (TPSA) is 78.5 Å². The van der Waals surface area contributed by atoms with Crippen molar-refractivity contribution in [1.82, 2.24) is 5.32 Å². The Morgan fingerprint density at radius 2 is 1.55 bits per heavy atom. The molecule has 0 saturated carbocycles. The van der Waals surface area contributed by atoms with Crippen molar-refractivity contribution in [2.45, 2.75) is 6.42 Å². The summed E-state index contributed by atoms with van der Waals surface area (Å²) in [5, 5.41) is 3.34.